The summed E-state index contributed by atoms with van der Waals surface area (Å²) in [6.07, 6.45) is 0.585. The molecule has 0 aliphatic rings. The van der Waals surface area contributed by atoms with Crippen LogP contribution in [0.1, 0.15) is 39.1 Å². The first-order chi connectivity index (χ1) is 13.9. The van der Waals surface area contributed by atoms with Crippen LogP contribution in [0.3, 0.4) is 0 Å². The molecular weight excluding hydrogens is 398 g/mol. The molecule has 0 heterocycles. The van der Waals surface area contributed by atoms with Gasteiger partial charge in [0, 0.05) is 29.1 Å². The minimum absolute atomic E-state index is 0.0611. The fraction of sp³-hybridized carbons (Fsp3) is 0.238. The minimum Gasteiger partial charge on any atom is -0.469 e. The number of rotatable bonds is 9. The average Bonchev–Trinajstić information content (AvgIpc) is 2.74. The fourth-order valence-corrected chi connectivity index (χ4v) is 2.56. The van der Waals surface area contributed by atoms with E-state index in [0.29, 0.717) is 17.0 Å². The number of ether oxygens (including phenoxy) is 2. The summed E-state index contributed by atoms with van der Waals surface area (Å²) in [5.41, 5.74) is 0.599. The molecular formula is C21H20ClNO6. The highest BCUT2D eigenvalue weighted by Crippen LogP contribution is 2.17. The molecule has 0 spiro atoms. The number of esters is 2. The van der Waals surface area contributed by atoms with Crippen molar-refractivity contribution in [2.45, 2.75) is 12.8 Å². The third-order valence-electron chi connectivity index (χ3n) is 3.94. The van der Waals surface area contributed by atoms with Gasteiger partial charge in [-0.25, -0.2) is 4.79 Å². The Balaban J connectivity index is 1.94. The Hall–Kier alpha value is -3.19. The second-order valence-corrected chi connectivity index (χ2v) is 6.42. The third kappa shape index (κ3) is 6.73. The SMILES string of the molecule is COC(=O)CCCNC(=O)COC(=O)c1ccccc1C(=O)c1ccc(Cl)cc1. The van der Waals surface area contributed by atoms with Crippen molar-refractivity contribution >= 4 is 35.2 Å². The number of carbonyl (C=O) groups is 4. The quantitative estimate of drug-likeness (QED) is 0.382. The summed E-state index contributed by atoms with van der Waals surface area (Å²) >= 11 is 5.84. The number of amides is 1. The molecule has 0 atom stereocenters. The zero-order valence-corrected chi connectivity index (χ0v) is 16.5. The standard InChI is InChI=1S/C21H20ClNO6/c1-28-19(25)7-4-12-23-18(24)13-29-21(27)17-6-3-2-5-16(17)20(26)14-8-10-15(22)11-9-14/h2-3,5-6,8-11H,4,7,12-13H2,1H3,(H,23,24). The van der Waals surface area contributed by atoms with Crippen LogP contribution in [-0.2, 0) is 19.1 Å². The van der Waals surface area contributed by atoms with Crippen molar-refractivity contribution in [1.29, 1.82) is 0 Å². The van der Waals surface area contributed by atoms with Crippen LogP contribution in [0.25, 0.3) is 0 Å². The molecule has 29 heavy (non-hydrogen) atoms. The molecule has 0 bridgehead atoms. The average molecular weight is 418 g/mol. The van der Waals surface area contributed by atoms with E-state index in [0.717, 1.165) is 0 Å². The molecule has 2 aromatic rings. The molecule has 0 aromatic heterocycles. The van der Waals surface area contributed by atoms with Crippen molar-refractivity contribution in [2.75, 3.05) is 20.3 Å². The normalized spacial score (nSPS) is 10.1. The van der Waals surface area contributed by atoms with Gasteiger partial charge in [-0.3, -0.25) is 14.4 Å². The number of halogens is 1. The van der Waals surface area contributed by atoms with E-state index in [-0.39, 0.29) is 35.8 Å². The van der Waals surface area contributed by atoms with Crippen LogP contribution in [0.5, 0.6) is 0 Å². The molecule has 0 saturated heterocycles. The van der Waals surface area contributed by atoms with E-state index < -0.39 is 18.5 Å². The van der Waals surface area contributed by atoms with Gasteiger partial charge < -0.3 is 14.8 Å². The lowest BCUT2D eigenvalue weighted by Gasteiger charge is -2.09. The Morgan fingerprint density at radius 1 is 0.966 bits per heavy atom. The van der Waals surface area contributed by atoms with Crippen molar-refractivity contribution in [3.8, 4) is 0 Å². The van der Waals surface area contributed by atoms with Crippen LogP contribution in [0.2, 0.25) is 5.02 Å². The number of methoxy groups -OCH3 is 1. The number of hydrogen-bond acceptors (Lipinski definition) is 6. The maximum Gasteiger partial charge on any atom is 0.339 e. The summed E-state index contributed by atoms with van der Waals surface area (Å²) in [6, 6.07) is 12.5. The summed E-state index contributed by atoms with van der Waals surface area (Å²) in [5, 5.41) is 3.03. The van der Waals surface area contributed by atoms with Gasteiger partial charge in [0.05, 0.1) is 12.7 Å². The highest BCUT2D eigenvalue weighted by atomic mass is 35.5. The molecule has 0 saturated carbocycles. The third-order valence-corrected chi connectivity index (χ3v) is 4.19. The molecule has 1 N–H and O–H groups in total. The molecule has 0 unspecified atom stereocenters. The second-order valence-electron chi connectivity index (χ2n) is 5.99. The van der Waals surface area contributed by atoms with Crippen LogP contribution in [-0.4, -0.2) is 43.9 Å². The van der Waals surface area contributed by atoms with Crippen LogP contribution >= 0.6 is 11.6 Å². The van der Waals surface area contributed by atoms with E-state index in [1.54, 1.807) is 36.4 Å². The van der Waals surface area contributed by atoms with Gasteiger partial charge in [0.15, 0.2) is 12.4 Å². The molecule has 152 valence electrons. The van der Waals surface area contributed by atoms with E-state index in [1.165, 1.54) is 19.2 Å². The zero-order chi connectivity index (χ0) is 21.2. The maximum atomic E-state index is 12.7. The number of nitrogens with one attached hydrogen (secondary N) is 1. The number of benzene rings is 2. The predicted molar refractivity (Wildman–Crippen MR) is 106 cm³/mol. The smallest absolute Gasteiger partial charge is 0.339 e. The van der Waals surface area contributed by atoms with E-state index in [1.807, 2.05) is 0 Å². The fourth-order valence-electron chi connectivity index (χ4n) is 2.44. The van der Waals surface area contributed by atoms with Crippen molar-refractivity contribution < 1.29 is 28.7 Å². The Morgan fingerprint density at radius 3 is 2.28 bits per heavy atom. The predicted octanol–water partition coefficient (Wildman–Crippen LogP) is 2.80. The summed E-state index contributed by atoms with van der Waals surface area (Å²) in [6.45, 7) is -0.252. The maximum absolute atomic E-state index is 12.7. The van der Waals surface area contributed by atoms with Gasteiger partial charge in [0.2, 0.25) is 0 Å². The monoisotopic (exact) mass is 417 g/mol. The van der Waals surface area contributed by atoms with E-state index in [2.05, 4.69) is 10.1 Å². The van der Waals surface area contributed by atoms with Gasteiger partial charge in [-0.2, -0.15) is 0 Å². The Morgan fingerprint density at radius 2 is 1.62 bits per heavy atom. The second kappa shape index (κ2) is 11.0. The van der Waals surface area contributed by atoms with Crippen molar-refractivity contribution in [3.05, 3.63) is 70.2 Å². The lowest BCUT2D eigenvalue weighted by molar-refractivity contribution is -0.140. The van der Waals surface area contributed by atoms with Gasteiger partial charge in [-0.1, -0.05) is 29.8 Å². The molecule has 0 aliphatic carbocycles. The molecule has 2 aromatic carbocycles. The van der Waals surface area contributed by atoms with Crippen molar-refractivity contribution in [3.63, 3.8) is 0 Å². The number of ketones is 1. The molecule has 2 rings (SSSR count). The molecule has 0 radical (unpaired) electrons. The largest absolute Gasteiger partial charge is 0.469 e. The Labute approximate surface area is 172 Å². The van der Waals surface area contributed by atoms with E-state index >= 15 is 0 Å². The lowest BCUT2D eigenvalue weighted by atomic mass is 9.98. The summed E-state index contributed by atoms with van der Waals surface area (Å²) in [5.74, 6) is -2.02. The van der Waals surface area contributed by atoms with Gasteiger partial charge in [-0.15, -0.1) is 0 Å². The van der Waals surface area contributed by atoms with Crippen molar-refractivity contribution in [2.24, 2.45) is 0 Å². The lowest BCUT2D eigenvalue weighted by Crippen LogP contribution is -2.30. The van der Waals surface area contributed by atoms with Crippen LogP contribution in [0, 0.1) is 0 Å². The van der Waals surface area contributed by atoms with E-state index in [4.69, 9.17) is 16.3 Å². The van der Waals surface area contributed by atoms with Gasteiger partial charge in [-0.05, 0) is 36.8 Å². The molecule has 8 heteroatoms. The first-order valence-corrected chi connectivity index (χ1v) is 9.20. The Bertz CT molecular complexity index is 894. The highest BCUT2D eigenvalue weighted by Gasteiger charge is 2.19. The van der Waals surface area contributed by atoms with Gasteiger partial charge in [0.25, 0.3) is 5.91 Å². The van der Waals surface area contributed by atoms with Crippen LogP contribution in [0.4, 0.5) is 0 Å². The first kappa shape index (κ1) is 22.1. The van der Waals surface area contributed by atoms with Crippen molar-refractivity contribution in [1.82, 2.24) is 5.32 Å². The summed E-state index contributed by atoms with van der Waals surface area (Å²) in [7, 11) is 1.29. The minimum atomic E-state index is -0.785. The number of hydrogen-bond donors (Lipinski definition) is 1. The van der Waals surface area contributed by atoms with Gasteiger partial charge >= 0.3 is 11.9 Å². The van der Waals surface area contributed by atoms with Gasteiger partial charge in [0.1, 0.15) is 0 Å². The zero-order valence-electron chi connectivity index (χ0n) is 15.8. The molecule has 7 nitrogen and oxygen atoms in total. The highest BCUT2D eigenvalue weighted by molar-refractivity contribution is 6.30. The summed E-state index contributed by atoms with van der Waals surface area (Å²) < 4.78 is 9.52. The first-order valence-electron chi connectivity index (χ1n) is 8.82. The Kier molecular flexibility index (Phi) is 8.36. The van der Waals surface area contributed by atoms with Crippen LogP contribution < -0.4 is 5.32 Å². The molecule has 0 aliphatic heterocycles. The summed E-state index contributed by atoms with van der Waals surface area (Å²) in [4.78, 5) is 47.9. The number of carbonyl (C=O) groups excluding carboxylic acids is 4. The topological polar surface area (TPSA) is 98.8 Å². The molecule has 0 fully saturated rings. The molecule has 1 amide bonds. The van der Waals surface area contributed by atoms with Crippen LogP contribution in [0.15, 0.2) is 48.5 Å². The van der Waals surface area contributed by atoms with E-state index in [9.17, 15) is 19.2 Å².